The van der Waals surface area contributed by atoms with E-state index in [9.17, 15) is 9.90 Å². The quantitative estimate of drug-likeness (QED) is 0.812. The predicted molar refractivity (Wildman–Crippen MR) is 79.4 cm³/mol. The van der Waals surface area contributed by atoms with Crippen LogP contribution in [0.25, 0.3) is 0 Å². The van der Waals surface area contributed by atoms with Crippen LogP contribution in [0.5, 0.6) is 0 Å². The van der Waals surface area contributed by atoms with Gasteiger partial charge in [-0.15, -0.1) is 0 Å². The topological polar surface area (TPSA) is 52.6 Å². The van der Waals surface area contributed by atoms with E-state index in [0.29, 0.717) is 19.4 Å². The van der Waals surface area contributed by atoms with Crippen LogP contribution in [-0.2, 0) is 4.79 Å². The first-order valence-electron chi connectivity index (χ1n) is 7.37. The largest absolute Gasteiger partial charge is 0.380 e. The first kappa shape index (κ1) is 15.1. The van der Waals surface area contributed by atoms with E-state index >= 15 is 0 Å². The van der Waals surface area contributed by atoms with Gasteiger partial charge in [0.15, 0.2) is 0 Å². The molecule has 0 aromatic carbocycles. The van der Waals surface area contributed by atoms with Crippen molar-refractivity contribution < 1.29 is 9.90 Å². The minimum absolute atomic E-state index is 0.152. The van der Waals surface area contributed by atoms with E-state index in [1.54, 1.807) is 0 Å². The van der Waals surface area contributed by atoms with Crippen LogP contribution in [0.15, 0.2) is 0 Å². The van der Waals surface area contributed by atoms with E-state index in [1.807, 2.05) is 11.8 Å². The zero-order valence-electron chi connectivity index (χ0n) is 11.9. The third-order valence-electron chi connectivity index (χ3n) is 4.42. The van der Waals surface area contributed by atoms with Gasteiger partial charge in [-0.1, -0.05) is 0 Å². The second-order valence-electron chi connectivity index (χ2n) is 5.94. The molecule has 0 atom stereocenters. The van der Waals surface area contributed by atoms with E-state index in [2.05, 4.69) is 17.3 Å². The zero-order valence-corrected chi connectivity index (χ0v) is 12.7. The van der Waals surface area contributed by atoms with Crippen molar-refractivity contribution in [2.45, 2.75) is 37.7 Å². The van der Waals surface area contributed by atoms with Gasteiger partial charge in [0.2, 0.25) is 0 Å². The number of piperidine rings is 1. The highest BCUT2D eigenvalue weighted by atomic mass is 32.2. The molecule has 1 amide bonds. The van der Waals surface area contributed by atoms with E-state index in [4.69, 9.17) is 0 Å². The van der Waals surface area contributed by atoms with Crippen LogP contribution in [-0.4, -0.2) is 59.7 Å². The smallest absolute Gasteiger partial charge is 0.252 e. The first-order chi connectivity index (χ1) is 9.10. The third kappa shape index (κ3) is 4.36. The molecule has 2 N–H and O–H groups in total. The van der Waals surface area contributed by atoms with Crippen molar-refractivity contribution in [2.24, 2.45) is 5.92 Å². The maximum Gasteiger partial charge on any atom is 0.252 e. The maximum atomic E-state index is 12.0. The molecule has 4 nitrogen and oxygen atoms in total. The SMILES string of the molecule is CN1CCC(CCNC(=O)C2(O)CCSCC2)CC1. The molecule has 0 radical (unpaired) electrons. The van der Waals surface area contributed by atoms with Gasteiger partial charge < -0.3 is 15.3 Å². The Balaban J connectivity index is 1.66. The molecule has 0 aromatic heterocycles. The highest BCUT2D eigenvalue weighted by Crippen LogP contribution is 2.27. The van der Waals surface area contributed by atoms with Crippen molar-refractivity contribution in [3.63, 3.8) is 0 Å². The summed E-state index contributed by atoms with van der Waals surface area (Å²) in [4.78, 5) is 14.4. The van der Waals surface area contributed by atoms with Crippen LogP contribution in [0.4, 0.5) is 0 Å². The minimum Gasteiger partial charge on any atom is -0.380 e. The summed E-state index contributed by atoms with van der Waals surface area (Å²) in [5.74, 6) is 2.35. The van der Waals surface area contributed by atoms with E-state index < -0.39 is 5.60 Å². The fourth-order valence-electron chi connectivity index (χ4n) is 2.84. The zero-order chi connectivity index (χ0) is 13.7. The lowest BCUT2D eigenvalue weighted by Crippen LogP contribution is -2.49. The molecule has 5 heteroatoms. The number of carbonyl (C=O) groups is 1. The second kappa shape index (κ2) is 6.95. The number of amides is 1. The Morgan fingerprint density at radius 3 is 2.63 bits per heavy atom. The lowest BCUT2D eigenvalue weighted by atomic mass is 9.93. The van der Waals surface area contributed by atoms with Crippen molar-refractivity contribution in [3.05, 3.63) is 0 Å². The van der Waals surface area contributed by atoms with Crippen LogP contribution in [0.2, 0.25) is 0 Å². The van der Waals surface area contributed by atoms with E-state index in [-0.39, 0.29) is 5.91 Å². The summed E-state index contributed by atoms with van der Waals surface area (Å²) < 4.78 is 0. The molecule has 2 rings (SSSR count). The van der Waals surface area contributed by atoms with Gasteiger partial charge in [-0.05, 0) is 69.7 Å². The van der Waals surface area contributed by atoms with Gasteiger partial charge in [0.25, 0.3) is 5.91 Å². The summed E-state index contributed by atoms with van der Waals surface area (Å²) in [5, 5.41) is 13.2. The monoisotopic (exact) mass is 286 g/mol. The summed E-state index contributed by atoms with van der Waals surface area (Å²) in [5.41, 5.74) is -1.10. The molecule has 0 unspecified atom stereocenters. The third-order valence-corrected chi connectivity index (χ3v) is 5.40. The van der Waals surface area contributed by atoms with Crippen molar-refractivity contribution in [3.8, 4) is 0 Å². The van der Waals surface area contributed by atoms with Crippen LogP contribution in [0, 0.1) is 5.92 Å². The normalized spacial score (nSPS) is 25.2. The fourth-order valence-corrected chi connectivity index (χ4v) is 4.01. The molecule has 2 fully saturated rings. The highest BCUT2D eigenvalue weighted by Gasteiger charge is 2.37. The van der Waals surface area contributed by atoms with Gasteiger partial charge >= 0.3 is 0 Å². The summed E-state index contributed by atoms with van der Waals surface area (Å²) in [6, 6.07) is 0. The van der Waals surface area contributed by atoms with Gasteiger partial charge in [0.1, 0.15) is 5.60 Å². The first-order valence-corrected chi connectivity index (χ1v) is 8.52. The van der Waals surface area contributed by atoms with Crippen LogP contribution >= 0.6 is 11.8 Å². The Morgan fingerprint density at radius 1 is 1.37 bits per heavy atom. The number of nitrogens with zero attached hydrogens (tertiary/aromatic N) is 1. The predicted octanol–water partition coefficient (Wildman–Crippen LogP) is 1.09. The van der Waals surface area contributed by atoms with Crippen LogP contribution < -0.4 is 5.32 Å². The Morgan fingerprint density at radius 2 is 2.00 bits per heavy atom. The van der Waals surface area contributed by atoms with Crippen molar-refractivity contribution >= 4 is 17.7 Å². The standard InChI is InChI=1S/C14H26N2O2S/c1-16-8-3-12(4-9-16)2-7-15-13(17)14(18)5-10-19-11-6-14/h12,18H,2-11H2,1H3,(H,15,17). The molecule has 0 spiro atoms. The molecule has 0 aromatic rings. The molecule has 0 aliphatic carbocycles. The summed E-state index contributed by atoms with van der Waals surface area (Å²) in [6.07, 6.45) is 4.69. The average molecular weight is 286 g/mol. The maximum absolute atomic E-state index is 12.0. The van der Waals surface area contributed by atoms with E-state index in [1.165, 1.54) is 25.9 Å². The number of carbonyl (C=O) groups excluding carboxylic acids is 1. The van der Waals surface area contributed by atoms with Gasteiger partial charge in [0, 0.05) is 6.54 Å². The van der Waals surface area contributed by atoms with Gasteiger partial charge in [-0.2, -0.15) is 11.8 Å². The van der Waals surface area contributed by atoms with Gasteiger partial charge in [0.05, 0.1) is 0 Å². The molecule has 110 valence electrons. The molecular formula is C14H26N2O2S. The van der Waals surface area contributed by atoms with E-state index in [0.717, 1.165) is 23.8 Å². The minimum atomic E-state index is -1.10. The van der Waals surface area contributed by atoms with Crippen molar-refractivity contribution in [1.29, 1.82) is 0 Å². The number of rotatable bonds is 4. The van der Waals surface area contributed by atoms with Gasteiger partial charge in [-0.25, -0.2) is 0 Å². The molecule has 2 heterocycles. The lowest BCUT2D eigenvalue weighted by Gasteiger charge is -2.31. The van der Waals surface area contributed by atoms with Crippen LogP contribution in [0.3, 0.4) is 0 Å². The van der Waals surface area contributed by atoms with Crippen molar-refractivity contribution in [1.82, 2.24) is 10.2 Å². The summed E-state index contributed by atoms with van der Waals surface area (Å²) in [6.45, 7) is 3.04. The Hall–Kier alpha value is -0.260. The molecule has 2 aliphatic heterocycles. The number of aliphatic hydroxyl groups is 1. The number of thioether (sulfide) groups is 1. The summed E-state index contributed by atoms with van der Waals surface area (Å²) in [7, 11) is 2.16. The molecule has 2 aliphatic rings. The number of hydrogen-bond acceptors (Lipinski definition) is 4. The lowest BCUT2D eigenvalue weighted by molar-refractivity contribution is -0.140. The molecule has 19 heavy (non-hydrogen) atoms. The fraction of sp³-hybridized carbons (Fsp3) is 0.929. The summed E-state index contributed by atoms with van der Waals surface area (Å²) >= 11 is 1.82. The Labute approximate surface area is 120 Å². The molecule has 0 bridgehead atoms. The molecule has 0 saturated carbocycles. The van der Waals surface area contributed by atoms with Crippen LogP contribution in [0.1, 0.15) is 32.1 Å². The van der Waals surface area contributed by atoms with Gasteiger partial charge in [-0.3, -0.25) is 4.79 Å². The number of likely N-dealkylation sites (tertiary alicyclic amines) is 1. The second-order valence-corrected chi connectivity index (χ2v) is 7.16. The average Bonchev–Trinajstić information content (AvgIpc) is 2.42. The Kier molecular flexibility index (Phi) is 5.54. The number of hydrogen-bond donors (Lipinski definition) is 2. The van der Waals surface area contributed by atoms with Crippen molar-refractivity contribution in [2.75, 3.05) is 38.2 Å². The highest BCUT2D eigenvalue weighted by molar-refractivity contribution is 7.99. The Bertz CT molecular complexity index is 298. The molecular weight excluding hydrogens is 260 g/mol. The number of nitrogens with one attached hydrogen (secondary N) is 1. The molecule has 2 saturated heterocycles.